The highest BCUT2D eigenvalue weighted by molar-refractivity contribution is 5.79. The van der Waals surface area contributed by atoms with E-state index in [1.165, 1.54) is 5.56 Å². The number of amides is 1. The molecule has 0 radical (unpaired) electrons. The lowest BCUT2D eigenvalue weighted by atomic mass is 9.86. The highest BCUT2D eigenvalue weighted by Gasteiger charge is 2.13. The maximum absolute atomic E-state index is 11.9. The van der Waals surface area contributed by atoms with E-state index in [1.807, 2.05) is 42.5 Å². The van der Waals surface area contributed by atoms with Crippen LogP contribution >= 0.6 is 0 Å². The van der Waals surface area contributed by atoms with E-state index in [4.69, 9.17) is 0 Å². The minimum absolute atomic E-state index is 0.0938. The average Bonchev–Trinajstić information content (AvgIpc) is 2.53. The Kier molecular flexibility index (Phi) is 5.22. The molecule has 0 aliphatic heterocycles. The molecule has 3 heteroatoms. The molecule has 1 amide bonds. The average molecular weight is 308 g/mol. The zero-order chi connectivity index (χ0) is 16.9. The topological polar surface area (TPSA) is 41.1 Å². The van der Waals surface area contributed by atoms with Gasteiger partial charge in [0.15, 0.2) is 0 Å². The monoisotopic (exact) mass is 308 g/mol. The third kappa shape index (κ3) is 4.99. The predicted molar refractivity (Wildman–Crippen MR) is 95.6 cm³/mol. The van der Waals surface area contributed by atoms with Gasteiger partial charge in [0, 0.05) is 0 Å². The van der Waals surface area contributed by atoms with Gasteiger partial charge in [-0.2, -0.15) is 0 Å². The Morgan fingerprint density at radius 1 is 0.957 bits per heavy atom. The molecule has 2 N–H and O–H groups in total. The molecule has 3 nitrogen and oxygen atoms in total. The van der Waals surface area contributed by atoms with Gasteiger partial charge in [0.05, 0.1) is 12.1 Å². The Hall–Kier alpha value is -2.55. The maximum Gasteiger partial charge on any atom is 0.242 e. The van der Waals surface area contributed by atoms with Crippen LogP contribution in [0.2, 0.25) is 0 Å². The molecule has 0 atom stereocenters. The first-order chi connectivity index (χ1) is 10.9. The van der Waals surface area contributed by atoms with Crippen LogP contribution in [-0.4, -0.2) is 5.91 Å². The summed E-state index contributed by atoms with van der Waals surface area (Å²) in [5.41, 5.74) is 9.57. The van der Waals surface area contributed by atoms with Crippen molar-refractivity contribution < 1.29 is 4.79 Å². The number of hydrazine groups is 1. The molecular formula is C20H24N2O. The lowest BCUT2D eigenvalue weighted by Crippen LogP contribution is -2.36. The number of nitrogens with one attached hydrogen (secondary N) is 2. The number of hydrogen-bond donors (Lipinski definition) is 2. The summed E-state index contributed by atoms with van der Waals surface area (Å²) in [6, 6.07) is 17.8. The van der Waals surface area contributed by atoms with Gasteiger partial charge < -0.3 is 0 Å². The molecule has 0 heterocycles. The van der Waals surface area contributed by atoms with Gasteiger partial charge >= 0.3 is 0 Å². The molecule has 0 unspecified atom stereocenters. The van der Waals surface area contributed by atoms with E-state index in [0.29, 0.717) is 12.1 Å². The second-order valence-corrected chi connectivity index (χ2v) is 6.64. The first-order valence-corrected chi connectivity index (χ1v) is 7.75. The van der Waals surface area contributed by atoms with Crippen molar-refractivity contribution in [3.63, 3.8) is 0 Å². The number of rotatable bonds is 5. The first kappa shape index (κ1) is 16.8. The van der Waals surface area contributed by atoms with Crippen LogP contribution in [0.1, 0.15) is 37.5 Å². The second kappa shape index (κ2) is 7.14. The zero-order valence-corrected chi connectivity index (χ0v) is 14.0. The predicted octanol–water partition coefficient (Wildman–Crippen LogP) is 3.82. The third-order valence-corrected chi connectivity index (χ3v) is 3.66. The van der Waals surface area contributed by atoms with Crippen LogP contribution in [0.3, 0.4) is 0 Å². The van der Waals surface area contributed by atoms with E-state index in [0.717, 1.165) is 11.1 Å². The summed E-state index contributed by atoms with van der Waals surface area (Å²) in [6.07, 6.45) is 0.337. The van der Waals surface area contributed by atoms with Crippen molar-refractivity contribution in [1.29, 1.82) is 0 Å². The standard InChI is InChI=1S/C20H24N2O/c1-15(17-10-12-18(13-11-17)20(2,3)4)21-22-19(23)14-16-8-6-5-7-9-16/h5-13,21H,1,14H2,2-4H3,(H,22,23). The molecular weight excluding hydrogens is 284 g/mol. The molecule has 0 fully saturated rings. The second-order valence-electron chi connectivity index (χ2n) is 6.64. The minimum atomic E-state index is -0.0938. The van der Waals surface area contributed by atoms with Gasteiger partial charge in [-0.1, -0.05) is 81.9 Å². The van der Waals surface area contributed by atoms with Crippen LogP contribution in [0.25, 0.3) is 5.70 Å². The van der Waals surface area contributed by atoms with E-state index >= 15 is 0 Å². The van der Waals surface area contributed by atoms with Crippen LogP contribution in [0.5, 0.6) is 0 Å². The highest BCUT2D eigenvalue weighted by Crippen LogP contribution is 2.23. The Morgan fingerprint density at radius 2 is 1.57 bits per heavy atom. The van der Waals surface area contributed by atoms with E-state index in [-0.39, 0.29) is 11.3 Å². The van der Waals surface area contributed by atoms with Crippen LogP contribution < -0.4 is 10.9 Å². The highest BCUT2D eigenvalue weighted by atomic mass is 16.2. The fourth-order valence-corrected chi connectivity index (χ4v) is 2.21. The van der Waals surface area contributed by atoms with Crippen LogP contribution in [0.4, 0.5) is 0 Å². The first-order valence-electron chi connectivity index (χ1n) is 7.75. The van der Waals surface area contributed by atoms with Gasteiger partial charge in [-0.25, -0.2) is 0 Å². The molecule has 0 saturated heterocycles. The summed E-state index contributed by atoms with van der Waals surface area (Å²) in [5.74, 6) is -0.0938. The summed E-state index contributed by atoms with van der Waals surface area (Å²) in [5, 5.41) is 0. The van der Waals surface area contributed by atoms with Crippen LogP contribution in [0, 0.1) is 0 Å². The van der Waals surface area contributed by atoms with E-state index in [1.54, 1.807) is 0 Å². The summed E-state index contributed by atoms with van der Waals surface area (Å²) >= 11 is 0. The van der Waals surface area contributed by atoms with Gasteiger partial charge in [-0.15, -0.1) is 0 Å². The van der Waals surface area contributed by atoms with Crippen LogP contribution in [0.15, 0.2) is 61.2 Å². The van der Waals surface area contributed by atoms with Gasteiger partial charge in [0.1, 0.15) is 0 Å². The van der Waals surface area contributed by atoms with Crippen molar-refractivity contribution in [3.8, 4) is 0 Å². The van der Waals surface area contributed by atoms with Gasteiger partial charge in [0.25, 0.3) is 0 Å². The fourth-order valence-electron chi connectivity index (χ4n) is 2.21. The molecule has 0 saturated carbocycles. The van der Waals surface area contributed by atoms with E-state index in [2.05, 4.69) is 50.3 Å². The summed E-state index contributed by atoms with van der Waals surface area (Å²) in [4.78, 5) is 11.9. The molecule has 2 rings (SSSR count). The van der Waals surface area contributed by atoms with Crippen molar-refractivity contribution in [3.05, 3.63) is 77.9 Å². The van der Waals surface area contributed by atoms with Gasteiger partial charge in [0.2, 0.25) is 5.91 Å². The number of carbonyl (C=O) groups is 1. The molecule has 2 aromatic carbocycles. The quantitative estimate of drug-likeness (QED) is 0.825. The van der Waals surface area contributed by atoms with Crippen molar-refractivity contribution >= 4 is 11.6 Å². The molecule has 0 aliphatic carbocycles. The lowest BCUT2D eigenvalue weighted by Gasteiger charge is -2.19. The molecule has 0 aliphatic rings. The number of hydrogen-bond acceptors (Lipinski definition) is 2. The number of carbonyl (C=O) groups excluding carboxylic acids is 1. The summed E-state index contributed by atoms with van der Waals surface area (Å²) < 4.78 is 0. The summed E-state index contributed by atoms with van der Waals surface area (Å²) in [7, 11) is 0. The normalized spacial score (nSPS) is 10.9. The SMILES string of the molecule is C=C(NNC(=O)Cc1ccccc1)c1ccc(C(C)(C)C)cc1. The maximum atomic E-state index is 11.9. The molecule has 0 bridgehead atoms. The van der Waals surface area contributed by atoms with Crippen molar-refractivity contribution in [2.24, 2.45) is 0 Å². The Bertz CT molecular complexity index is 667. The minimum Gasteiger partial charge on any atom is -0.299 e. The lowest BCUT2D eigenvalue weighted by molar-refractivity contribution is -0.121. The van der Waals surface area contributed by atoms with Crippen molar-refractivity contribution in [2.75, 3.05) is 0 Å². The zero-order valence-electron chi connectivity index (χ0n) is 14.0. The Balaban J connectivity index is 1.88. The van der Waals surface area contributed by atoms with Crippen LogP contribution in [-0.2, 0) is 16.6 Å². The van der Waals surface area contributed by atoms with Gasteiger partial charge in [-0.3, -0.25) is 15.6 Å². The van der Waals surface area contributed by atoms with Crippen molar-refractivity contribution in [1.82, 2.24) is 10.9 Å². The molecule has 2 aromatic rings. The van der Waals surface area contributed by atoms with Gasteiger partial charge in [-0.05, 0) is 22.1 Å². The van der Waals surface area contributed by atoms with E-state index < -0.39 is 0 Å². The molecule has 120 valence electrons. The summed E-state index contributed by atoms with van der Waals surface area (Å²) in [6.45, 7) is 10.5. The number of benzene rings is 2. The van der Waals surface area contributed by atoms with E-state index in [9.17, 15) is 4.79 Å². The smallest absolute Gasteiger partial charge is 0.242 e. The Morgan fingerprint density at radius 3 is 2.13 bits per heavy atom. The van der Waals surface area contributed by atoms with Crippen molar-refractivity contribution in [2.45, 2.75) is 32.6 Å². The largest absolute Gasteiger partial charge is 0.299 e. The molecule has 23 heavy (non-hydrogen) atoms. The third-order valence-electron chi connectivity index (χ3n) is 3.66. The molecule has 0 spiro atoms. The fraction of sp³-hybridized carbons (Fsp3) is 0.250. The Labute approximate surface area is 138 Å². The molecule has 0 aromatic heterocycles.